The fraction of sp³-hybridized carbons (Fsp3) is 0.118. The van der Waals surface area contributed by atoms with E-state index in [9.17, 15) is 4.79 Å². The van der Waals surface area contributed by atoms with Crippen molar-refractivity contribution in [1.82, 2.24) is 10.2 Å². The molecule has 122 valence electrons. The number of rotatable bonds is 5. The van der Waals surface area contributed by atoms with E-state index in [0.717, 1.165) is 21.3 Å². The molecule has 0 fully saturated rings. The van der Waals surface area contributed by atoms with E-state index < -0.39 is 0 Å². The molecule has 24 heavy (non-hydrogen) atoms. The lowest BCUT2D eigenvalue weighted by molar-refractivity contribution is -0.113. The van der Waals surface area contributed by atoms with E-state index in [1.54, 1.807) is 0 Å². The molecule has 1 aromatic heterocycles. The van der Waals surface area contributed by atoms with Gasteiger partial charge in [-0.05, 0) is 42.8 Å². The Morgan fingerprint density at radius 3 is 2.67 bits per heavy atom. The van der Waals surface area contributed by atoms with Gasteiger partial charge < -0.3 is 9.73 Å². The molecular weight excluding hydrogens is 390 g/mol. The third kappa shape index (κ3) is 4.24. The molecule has 0 aliphatic carbocycles. The van der Waals surface area contributed by atoms with Crippen LogP contribution in [-0.4, -0.2) is 21.9 Å². The summed E-state index contributed by atoms with van der Waals surface area (Å²) in [5.41, 5.74) is 2.66. The first kappa shape index (κ1) is 16.7. The molecule has 0 aliphatic rings. The van der Waals surface area contributed by atoms with Crippen molar-refractivity contribution in [1.29, 1.82) is 0 Å². The molecule has 1 N–H and O–H groups in total. The van der Waals surface area contributed by atoms with E-state index in [2.05, 4.69) is 31.4 Å². The van der Waals surface area contributed by atoms with Gasteiger partial charge in [0.05, 0.1) is 5.75 Å². The van der Waals surface area contributed by atoms with Crippen molar-refractivity contribution >= 4 is 39.3 Å². The summed E-state index contributed by atoms with van der Waals surface area (Å²) in [6.07, 6.45) is 0. The van der Waals surface area contributed by atoms with Crippen molar-refractivity contribution < 1.29 is 9.21 Å². The van der Waals surface area contributed by atoms with Crippen LogP contribution in [0, 0.1) is 6.92 Å². The minimum atomic E-state index is -0.113. The van der Waals surface area contributed by atoms with Crippen molar-refractivity contribution in [2.24, 2.45) is 0 Å². The van der Waals surface area contributed by atoms with Crippen LogP contribution in [0.2, 0.25) is 0 Å². The third-order valence-corrected chi connectivity index (χ3v) is 4.59. The van der Waals surface area contributed by atoms with Gasteiger partial charge in [0.1, 0.15) is 0 Å². The Morgan fingerprint density at radius 1 is 1.17 bits per heavy atom. The Bertz CT molecular complexity index is 849. The number of hydrogen-bond donors (Lipinski definition) is 1. The molecule has 0 spiro atoms. The van der Waals surface area contributed by atoms with Crippen LogP contribution in [0.3, 0.4) is 0 Å². The molecule has 0 bridgehead atoms. The molecule has 7 heteroatoms. The van der Waals surface area contributed by atoms with Crippen molar-refractivity contribution in [2.45, 2.75) is 12.1 Å². The number of halogens is 1. The molecule has 1 heterocycles. The van der Waals surface area contributed by atoms with Gasteiger partial charge in [-0.25, -0.2) is 0 Å². The summed E-state index contributed by atoms with van der Waals surface area (Å²) in [6.45, 7) is 1.95. The number of aryl methyl sites for hydroxylation is 1. The number of para-hydroxylation sites is 1. The molecule has 0 saturated carbocycles. The number of anilines is 1. The Kier molecular flexibility index (Phi) is 5.32. The first-order valence-corrected chi connectivity index (χ1v) is 8.97. The highest BCUT2D eigenvalue weighted by Crippen LogP contribution is 2.24. The lowest BCUT2D eigenvalue weighted by Crippen LogP contribution is -2.14. The van der Waals surface area contributed by atoms with Crippen LogP contribution in [0.15, 0.2) is 62.6 Å². The zero-order chi connectivity index (χ0) is 16.9. The molecule has 1 amide bonds. The molecule has 5 nitrogen and oxygen atoms in total. The third-order valence-electron chi connectivity index (χ3n) is 3.24. The summed E-state index contributed by atoms with van der Waals surface area (Å²) >= 11 is 4.59. The Hall–Kier alpha value is -2.12. The van der Waals surface area contributed by atoms with Crippen molar-refractivity contribution in [3.63, 3.8) is 0 Å². The van der Waals surface area contributed by atoms with Gasteiger partial charge in [-0.3, -0.25) is 4.79 Å². The van der Waals surface area contributed by atoms with E-state index in [0.29, 0.717) is 11.1 Å². The van der Waals surface area contributed by atoms with Gasteiger partial charge in [-0.2, -0.15) is 0 Å². The fourth-order valence-corrected chi connectivity index (χ4v) is 2.83. The van der Waals surface area contributed by atoms with E-state index in [1.165, 1.54) is 11.8 Å². The monoisotopic (exact) mass is 403 g/mol. The van der Waals surface area contributed by atoms with Crippen LogP contribution in [0.5, 0.6) is 0 Å². The normalized spacial score (nSPS) is 10.6. The van der Waals surface area contributed by atoms with Crippen LogP contribution in [0.25, 0.3) is 11.5 Å². The second-order valence-electron chi connectivity index (χ2n) is 5.03. The van der Waals surface area contributed by atoms with E-state index in [1.807, 2.05) is 55.5 Å². The molecule has 0 atom stereocenters. The molecule has 0 unspecified atom stereocenters. The van der Waals surface area contributed by atoms with Crippen LogP contribution < -0.4 is 5.32 Å². The molecule has 0 radical (unpaired) electrons. The highest BCUT2D eigenvalue weighted by Gasteiger charge is 2.11. The lowest BCUT2D eigenvalue weighted by Gasteiger charge is -2.06. The van der Waals surface area contributed by atoms with Crippen molar-refractivity contribution in [3.05, 3.63) is 58.6 Å². The highest BCUT2D eigenvalue weighted by molar-refractivity contribution is 9.10. The highest BCUT2D eigenvalue weighted by atomic mass is 79.9. The second kappa shape index (κ2) is 7.63. The zero-order valence-corrected chi connectivity index (χ0v) is 15.2. The number of thioether (sulfide) groups is 1. The molecule has 0 aliphatic heterocycles. The average molecular weight is 404 g/mol. The number of aromatic nitrogens is 2. The fourth-order valence-electron chi connectivity index (χ4n) is 2.00. The average Bonchev–Trinajstić information content (AvgIpc) is 3.05. The number of carbonyl (C=O) groups is 1. The van der Waals surface area contributed by atoms with Crippen LogP contribution in [0.4, 0.5) is 5.69 Å². The summed E-state index contributed by atoms with van der Waals surface area (Å²) < 4.78 is 6.56. The van der Waals surface area contributed by atoms with Crippen molar-refractivity contribution in [3.8, 4) is 11.5 Å². The summed E-state index contributed by atoms with van der Waals surface area (Å²) in [4.78, 5) is 12.0. The summed E-state index contributed by atoms with van der Waals surface area (Å²) in [5, 5.41) is 11.2. The SMILES string of the molecule is Cc1ccccc1NC(=O)CSc1nnc(-c2ccc(Br)cc2)o1. The molecule has 3 rings (SSSR count). The standard InChI is InChI=1S/C17H14BrN3O2S/c1-11-4-2-3-5-14(11)19-15(22)10-24-17-21-20-16(23-17)12-6-8-13(18)9-7-12/h2-9H,10H2,1H3,(H,19,22). The van der Waals surface area contributed by atoms with Crippen LogP contribution in [-0.2, 0) is 4.79 Å². The number of hydrogen-bond acceptors (Lipinski definition) is 5. The second-order valence-corrected chi connectivity index (χ2v) is 6.87. The molecule has 0 saturated heterocycles. The first-order chi connectivity index (χ1) is 11.6. The first-order valence-electron chi connectivity index (χ1n) is 7.19. The lowest BCUT2D eigenvalue weighted by atomic mass is 10.2. The summed E-state index contributed by atoms with van der Waals surface area (Å²) in [5.74, 6) is 0.526. The number of benzene rings is 2. The Labute approximate surface area is 152 Å². The minimum absolute atomic E-state index is 0.113. The van der Waals surface area contributed by atoms with Gasteiger partial charge in [-0.15, -0.1) is 10.2 Å². The predicted octanol–water partition coefficient (Wildman–Crippen LogP) is 4.54. The van der Waals surface area contributed by atoms with Gasteiger partial charge in [0.2, 0.25) is 11.8 Å². The van der Waals surface area contributed by atoms with Crippen molar-refractivity contribution in [2.75, 3.05) is 11.1 Å². The molecular formula is C17H14BrN3O2S. The van der Waals surface area contributed by atoms with E-state index in [-0.39, 0.29) is 11.7 Å². The quantitative estimate of drug-likeness (QED) is 0.633. The Balaban J connectivity index is 1.58. The Morgan fingerprint density at radius 2 is 1.92 bits per heavy atom. The van der Waals surface area contributed by atoms with E-state index >= 15 is 0 Å². The van der Waals surface area contributed by atoms with Crippen LogP contribution in [0.1, 0.15) is 5.56 Å². The number of nitrogens with one attached hydrogen (secondary N) is 1. The topological polar surface area (TPSA) is 68.0 Å². The maximum absolute atomic E-state index is 12.0. The molecule has 3 aromatic rings. The summed E-state index contributed by atoms with van der Waals surface area (Å²) in [6, 6.07) is 15.2. The van der Waals surface area contributed by atoms with Gasteiger partial charge in [0.15, 0.2) is 0 Å². The predicted molar refractivity (Wildman–Crippen MR) is 98.0 cm³/mol. The van der Waals surface area contributed by atoms with E-state index in [4.69, 9.17) is 4.42 Å². The zero-order valence-electron chi connectivity index (χ0n) is 12.8. The summed E-state index contributed by atoms with van der Waals surface area (Å²) in [7, 11) is 0. The largest absolute Gasteiger partial charge is 0.411 e. The van der Waals surface area contributed by atoms with Gasteiger partial charge >= 0.3 is 0 Å². The van der Waals surface area contributed by atoms with Gasteiger partial charge in [-0.1, -0.05) is 45.9 Å². The number of nitrogens with zero attached hydrogens (tertiary/aromatic N) is 2. The van der Waals surface area contributed by atoms with Crippen LogP contribution >= 0.6 is 27.7 Å². The smallest absolute Gasteiger partial charge is 0.277 e. The van der Waals surface area contributed by atoms with Gasteiger partial charge in [0, 0.05) is 15.7 Å². The van der Waals surface area contributed by atoms with Gasteiger partial charge in [0.25, 0.3) is 5.22 Å². The molecule has 2 aromatic carbocycles. The maximum Gasteiger partial charge on any atom is 0.277 e. The maximum atomic E-state index is 12.0. The minimum Gasteiger partial charge on any atom is -0.411 e. The number of amides is 1. The number of carbonyl (C=O) groups excluding carboxylic acids is 1.